The van der Waals surface area contributed by atoms with Gasteiger partial charge in [-0.3, -0.25) is 4.79 Å². The van der Waals surface area contributed by atoms with Crippen LogP contribution < -0.4 is 5.73 Å². The molecule has 90 valence electrons. The van der Waals surface area contributed by atoms with Crippen molar-refractivity contribution < 1.29 is 13.9 Å². The molecule has 5 nitrogen and oxygen atoms in total. The van der Waals surface area contributed by atoms with Crippen LogP contribution in [-0.4, -0.2) is 37.6 Å². The van der Waals surface area contributed by atoms with E-state index in [4.69, 9.17) is 14.9 Å². The largest absolute Gasteiger partial charge is 0.469 e. The Hall–Kier alpha value is -1.33. The van der Waals surface area contributed by atoms with Gasteiger partial charge in [0.05, 0.1) is 12.9 Å². The van der Waals surface area contributed by atoms with Crippen molar-refractivity contribution in [3.05, 3.63) is 23.7 Å². The molecule has 1 amide bonds. The predicted molar refractivity (Wildman–Crippen MR) is 59.8 cm³/mol. The third kappa shape index (κ3) is 3.08. The molecule has 16 heavy (non-hydrogen) atoms. The average molecular weight is 226 g/mol. The minimum absolute atomic E-state index is 0.137. The summed E-state index contributed by atoms with van der Waals surface area (Å²) in [7, 11) is 3.23. The molecule has 1 heterocycles. The van der Waals surface area contributed by atoms with Gasteiger partial charge in [-0.05, 0) is 13.0 Å². The van der Waals surface area contributed by atoms with Crippen molar-refractivity contribution >= 4 is 5.91 Å². The van der Waals surface area contributed by atoms with Crippen molar-refractivity contribution in [1.82, 2.24) is 4.90 Å². The van der Waals surface area contributed by atoms with Gasteiger partial charge >= 0.3 is 0 Å². The van der Waals surface area contributed by atoms with Crippen molar-refractivity contribution in [1.29, 1.82) is 0 Å². The number of methoxy groups -OCH3 is 1. The van der Waals surface area contributed by atoms with Crippen molar-refractivity contribution in [3.63, 3.8) is 0 Å². The lowest BCUT2D eigenvalue weighted by Crippen LogP contribution is -2.44. The fraction of sp³-hybridized carbons (Fsp3) is 0.545. The number of carbonyl (C=O) groups is 1. The number of amides is 1. The topological polar surface area (TPSA) is 68.7 Å². The standard InChI is InChI=1S/C11H18N2O3/c1-8-9(4-5-16-8)6-13(2)11(14)10(12)7-15-3/h4-5,10H,6-7,12H2,1-3H3. The Morgan fingerprint density at radius 2 is 2.38 bits per heavy atom. The Kier molecular flexibility index (Phi) is 4.52. The molecule has 1 atom stereocenters. The van der Waals surface area contributed by atoms with Crippen LogP contribution in [0.4, 0.5) is 0 Å². The van der Waals surface area contributed by atoms with Crippen LogP contribution in [0.5, 0.6) is 0 Å². The number of aryl methyl sites for hydroxylation is 1. The molecule has 1 rings (SSSR count). The molecule has 1 aromatic rings. The summed E-state index contributed by atoms with van der Waals surface area (Å²) in [6.45, 7) is 2.59. The number of hydrogen-bond acceptors (Lipinski definition) is 4. The lowest BCUT2D eigenvalue weighted by molar-refractivity contribution is -0.133. The SMILES string of the molecule is COCC(N)C(=O)N(C)Cc1ccoc1C. The van der Waals surface area contributed by atoms with Crippen LogP contribution in [0.1, 0.15) is 11.3 Å². The molecule has 0 saturated carbocycles. The number of ether oxygens (including phenoxy) is 1. The molecule has 0 aliphatic carbocycles. The molecular formula is C11H18N2O3. The molecule has 0 aliphatic heterocycles. The maximum atomic E-state index is 11.8. The fourth-order valence-electron chi connectivity index (χ4n) is 1.44. The summed E-state index contributed by atoms with van der Waals surface area (Å²) < 4.78 is 10.0. The lowest BCUT2D eigenvalue weighted by Gasteiger charge is -2.20. The van der Waals surface area contributed by atoms with Gasteiger partial charge in [0.15, 0.2) is 0 Å². The van der Waals surface area contributed by atoms with Gasteiger partial charge in [-0.1, -0.05) is 0 Å². The van der Waals surface area contributed by atoms with E-state index in [1.807, 2.05) is 13.0 Å². The number of furan rings is 1. The van der Waals surface area contributed by atoms with Crippen molar-refractivity contribution in [2.75, 3.05) is 20.8 Å². The number of likely N-dealkylation sites (N-methyl/N-ethyl adjacent to an activating group) is 1. The number of hydrogen-bond donors (Lipinski definition) is 1. The number of nitrogens with two attached hydrogens (primary N) is 1. The number of rotatable bonds is 5. The average Bonchev–Trinajstić information content (AvgIpc) is 2.63. The molecule has 0 saturated heterocycles. The van der Waals surface area contributed by atoms with Crippen LogP contribution >= 0.6 is 0 Å². The molecule has 1 unspecified atom stereocenters. The maximum absolute atomic E-state index is 11.8. The minimum atomic E-state index is -0.609. The second kappa shape index (κ2) is 5.67. The molecule has 0 aliphatic rings. The zero-order valence-corrected chi connectivity index (χ0v) is 9.90. The van der Waals surface area contributed by atoms with Gasteiger partial charge < -0.3 is 19.8 Å². The van der Waals surface area contributed by atoms with Gasteiger partial charge in [0.25, 0.3) is 0 Å². The van der Waals surface area contributed by atoms with Gasteiger partial charge in [0.1, 0.15) is 11.8 Å². The molecule has 0 radical (unpaired) electrons. The van der Waals surface area contributed by atoms with Gasteiger partial charge in [0, 0.05) is 26.3 Å². The molecule has 0 bridgehead atoms. The summed E-state index contributed by atoms with van der Waals surface area (Å²) >= 11 is 0. The van der Waals surface area contributed by atoms with Crippen LogP contribution in [0.3, 0.4) is 0 Å². The Balaban J connectivity index is 2.55. The van der Waals surface area contributed by atoms with E-state index < -0.39 is 6.04 Å². The third-order valence-electron chi connectivity index (χ3n) is 2.41. The van der Waals surface area contributed by atoms with Gasteiger partial charge in [-0.2, -0.15) is 0 Å². The van der Waals surface area contributed by atoms with Crippen LogP contribution in [0.25, 0.3) is 0 Å². The van der Waals surface area contributed by atoms with E-state index in [1.54, 1.807) is 18.2 Å². The normalized spacial score (nSPS) is 12.5. The molecule has 0 aromatic carbocycles. The highest BCUT2D eigenvalue weighted by Crippen LogP contribution is 2.11. The van der Waals surface area contributed by atoms with Crippen LogP contribution in [-0.2, 0) is 16.1 Å². The highest BCUT2D eigenvalue weighted by Gasteiger charge is 2.18. The molecule has 2 N–H and O–H groups in total. The zero-order chi connectivity index (χ0) is 12.1. The Morgan fingerprint density at radius 1 is 1.69 bits per heavy atom. The molecule has 5 heteroatoms. The first kappa shape index (κ1) is 12.7. The summed E-state index contributed by atoms with van der Waals surface area (Å²) in [4.78, 5) is 13.3. The zero-order valence-electron chi connectivity index (χ0n) is 9.90. The van der Waals surface area contributed by atoms with Gasteiger partial charge in [-0.25, -0.2) is 0 Å². The quantitative estimate of drug-likeness (QED) is 0.794. The number of carbonyl (C=O) groups excluding carboxylic acids is 1. The van der Waals surface area contributed by atoms with E-state index in [1.165, 1.54) is 7.11 Å². The van der Waals surface area contributed by atoms with E-state index in [9.17, 15) is 4.79 Å². The first-order valence-corrected chi connectivity index (χ1v) is 5.08. The van der Waals surface area contributed by atoms with E-state index in [0.717, 1.165) is 11.3 Å². The van der Waals surface area contributed by atoms with Crippen LogP contribution in [0, 0.1) is 6.92 Å². The summed E-state index contributed by atoms with van der Waals surface area (Å²) in [6, 6.07) is 1.24. The highest BCUT2D eigenvalue weighted by atomic mass is 16.5. The monoisotopic (exact) mass is 226 g/mol. The minimum Gasteiger partial charge on any atom is -0.469 e. The third-order valence-corrected chi connectivity index (χ3v) is 2.41. The first-order valence-electron chi connectivity index (χ1n) is 5.08. The van der Waals surface area contributed by atoms with Crippen molar-refractivity contribution in [2.45, 2.75) is 19.5 Å². The molecular weight excluding hydrogens is 208 g/mol. The lowest BCUT2D eigenvalue weighted by atomic mass is 10.2. The molecule has 1 aromatic heterocycles. The second-order valence-corrected chi connectivity index (χ2v) is 3.76. The fourth-order valence-corrected chi connectivity index (χ4v) is 1.44. The molecule has 0 fully saturated rings. The Bertz CT molecular complexity index is 349. The van der Waals surface area contributed by atoms with E-state index >= 15 is 0 Å². The summed E-state index contributed by atoms with van der Waals surface area (Å²) in [5.41, 5.74) is 6.64. The second-order valence-electron chi connectivity index (χ2n) is 3.76. The maximum Gasteiger partial charge on any atom is 0.241 e. The van der Waals surface area contributed by atoms with E-state index in [0.29, 0.717) is 6.54 Å². The number of nitrogens with zero attached hydrogens (tertiary/aromatic N) is 1. The summed E-state index contributed by atoms with van der Waals surface area (Å²) in [5, 5.41) is 0. The Morgan fingerprint density at radius 3 is 2.88 bits per heavy atom. The Labute approximate surface area is 95.2 Å². The van der Waals surface area contributed by atoms with Gasteiger partial charge in [-0.15, -0.1) is 0 Å². The molecule has 0 spiro atoms. The predicted octanol–water partition coefficient (Wildman–Crippen LogP) is 0.520. The van der Waals surface area contributed by atoms with Crippen LogP contribution in [0.15, 0.2) is 16.7 Å². The van der Waals surface area contributed by atoms with Crippen molar-refractivity contribution in [3.8, 4) is 0 Å². The van der Waals surface area contributed by atoms with E-state index in [-0.39, 0.29) is 12.5 Å². The van der Waals surface area contributed by atoms with Gasteiger partial charge in [0.2, 0.25) is 5.91 Å². The summed E-state index contributed by atoms with van der Waals surface area (Å²) in [5.74, 6) is 0.683. The highest BCUT2D eigenvalue weighted by molar-refractivity contribution is 5.81. The first-order chi connectivity index (χ1) is 7.56. The summed E-state index contributed by atoms with van der Waals surface area (Å²) in [6.07, 6.45) is 1.61. The smallest absolute Gasteiger partial charge is 0.241 e. The van der Waals surface area contributed by atoms with Crippen LogP contribution in [0.2, 0.25) is 0 Å². The van der Waals surface area contributed by atoms with Crippen molar-refractivity contribution in [2.24, 2.45) is 5.73 Å². The van der Waals surface area contributed by atoms with E-state index in [2.05, 4.69) is 0 Å².